The van der Waals surface area contributed by atoms with Gasteiger partial charge in [-0.3, -0.25) is 4.79 Å². The van der Waals surface area contributed by atoms with Crippen molar-refractivity contribution in [2.24, 2.45) is 0 Å². The van der Waals surface area contributed by atoms with Crippen molar-refractivity contribution >= 4 is 5.97 Å². The van der Waals surface area contributed by atoms with Crippen molar-refractivity contribution in [2.75, 3.05) is 6.61 Å². The van der Waals surface area contributed by atoms with Gasteiger partial charge in [-0.15, -0.1) is 0 Å². The molecule has 0 fully saturated rings. The molecule has 0 spiro atoms. The van der Waals surface area contributed by atoms with E-state index in [4.69, 9.17) is 4.74 Å². The van der Waals surface area contributed by atoms with Crippen LogP contribution in [-0.4, -0.2) is 23.2 Å². The van der Waals surface area contributed by atoms with Gasteiger partial charge in [0.2, 0.25) is 0 Å². The summed E-state index contributed by atoms with van der Waals surface area (Å²) in [6, 6.07) is 4.22. The Morgan fingerprint density at radius 2 is 1.75 bits per heavy atom. The number of aromatic hydroxyl groups is 1. The number of aryl methyl sites for hydroxylation is 2. The predicted molar refractivity (Wildman–Crippen MR) is 98.6 cm³/mol. The van der Waals surface area contributed by atoms with E-state index in [0.29, 0.717) is 18.8 Å². The summed E-state index contributed by atoms with van der Waals surface area (Å²) in [4.78, 5) is 11.3. The zero-order valence-electron chi connectivity index (χ0n) is 15.9. The molecule has 4 heteroatoms. The topological polar surface area (TPSA) is 78.0 Å². The molecular formula is C20H34O4. The molecular weight excluding hydrogens is 304 g/mol. The molecule has 24 heavy (non-hydrogen) atoms. The highest BCUT2D eigenvalue weighted by molar-refractivity contribution is 5.69. The number of esters is 1. The number of rotatable bonds is 8. The molecule has 0 aliphatic carbocycles. The number of phenolic OH excluding ortho intramolecular Hbond substituents is 1. The molecule has 0 saturated heterocycles. The SMILES string of the molecule is CCOC(=O)CCCCCCc1cc(C(C)(C)C)cc(C)c1O.O. The summed E-state index contributed by atoms with van der Waals surface area (Å²) in [5.74, 6) is 0.336. The van der Waals surface area contributed by atoms with Crippen LogP contribution in [0.3, 0.4) is 0 Å². The molecule has 1 aromatic carbocycles. The number of hydrogen-bond acceptors (Lipinski definition) is 3. The van der Waals surface area contributed by atoms with Crippen LogP contribution in [0.1, 0.15) is 76.5 Å². The Morgan fingerprint density at radius 1 is 1.12 bits per heavy atom. The maximum atomic E-state index is 11.3. The normalized spacial score (nSPS) is 11.0. The summed E-state index contributed by atoms with van der Waals surface area (Å²) in [6.07, 6.45) is 5.40. The van der Waals surface area contributed by atoms with Crippen LogP contribution < -0.4 is 0 Å². The third-order valence-corrected chi connectivity index (χ3v) is 4.13. The van der Waals surface area contributed by atoms with E-state index in [0.717, 1.165) is 43.2 Å². The number of ether oxygens (including phenoxy) is 1. The van der Waals surface area contributed by atoms with E-state index in [1.807, 2.05) is 13.8 Å². The first-order valence-electron chi connectivity index (χ1n) is 8.74. The molecule has 0 saturated carbocycles. The minimum atomic E-state index is -0.0985. The summed E-state index contributed by atoms with van der Waals surface area (Å²) in [5.41, 5.74) is 3.35. The van der Waals surface area contributed by atoms with Crippen molar-refractivity contribution < 1.29 is 20.1 Å². The quantitative estimate of drug-likeness (QED) is 0.569. The lowest BCUT2D eigenvalue weighted by Crippen LogP contribution is -2.12. The van der Waals surface area contributed by atoms with Gasteiger partial charge in [-0.1, -0.05) is 45.7 Å². The molecule has 0 aliphatic rings. The first-order valence-corrected chi connectivity index (χ1v) is 8.74. The van der Waals surface area contributed by atoms with Crippen molar-refractivity contribution in [3.63, 3.8) is 0 Å². The number of unbranched alkanes of at least 4 members (excludes halogenated alkanes) is 3. The highest BCUT2D eigenvalue weighted by Crippen LogP contribution is 2.31. The Morgan fingerprint density at radius 3 is 2.33 bits per heavy atom. The zero-order valence-corrected chi connectivity index (χ0v) is 15.9. The summed E-state index contributed by atoms with van der Waals surface area (Å²) in [7, 11) is 0. The number of phenols is 1. The number of carbonyl (C=O) groups excluding carboxylic acids is 1. The molecule has 0 heterocycles. The second-order valence-corrected chi connectivity index (χ2v) is 7.27. The first kappa shape index (κ1) is 22.4. The summed E-state index contributed by atoms with van der Waals surface area (Å²) in [6.45, 7) is 10.8. The molecule has 0 amide bonds. The maximum Gasteiger partial charge on any atom is 0.305 e. The van der Waals surface area contributed by atoms with E-state index in [2.05, 4.69) is 32.9 Å². The van der Waals surface area contributed by atoms with Gasteiger partial charge in [0.1, 0.15) is 5.75 Å². The van der Waals surface area contributed by atoms with Gasteiger partial charge >= 0.3 is 5.97 Å². The van der Waals surface area contributed by atoms with E-state index in [1.165, 1.54) is 5.56 Å². The van der Waals surface area contributed by atoms with Crippen LogP contribution in [0.2, 0.25) is 0 Å². The monoisotopic (exact) mass is 338 g/mol. The molecule has 0 atom stereocenters. The van der Waals surface area contributed by atoms with Crippen LogP contribution in [-0.2, 0) is 21.4 Å². The fraction of sp³-hybridized carbons (Fsp3) is 0.650. The number of hydrogen-bond donors (Lipinski definition) is 1. The second-order valence-electron chi connectivity index (χ2n) is 7.27. The maximum absolute atomic E-state index is 11.3. The fourth-order valence-electron chi connectivity index (χ4n) is 2.65. The van der Waals surface area contributed by atoms with Gasteiger partial charge in [0.25, 0.3) is 0 Å². The van der Waals surface area contributed by atoms with Gasteiger partial charge < -0.3 is 15.3 Å². The zero-order chi connectivity index (χ0) is 17.5. The van der Waals surface area contributed by atoms with Crippen LogP contribution in [0.25, 0.3) is 0 Å². The molecule has 0 radical (unpaired) electrons. The summed E-state index contributed by atoms with van der Waals surface area (Å²) in [5, 5.41) is 10.3. The van der Waals surface area contributed by atoms with E-state index < -0.39 is 0 Å². The van der Waals surface area contributed by atoms with Crippen molar-refractivity contribution in [3.8, 4) is 5.75 Å². The largest absolute Gasteiger partial charge is 0.507 e. The third kappa shape index (κ3) is 7.35. The van der Waals surface area contributed by atoms with Crippen molar-refractivity contribution in [1.29, 1.82) is 0 Å². The van der Waals surface area contributed by atoms with Gasteiger partial charge in [0.15, 0.2) is 0 Å². The van der Waals surface area contributed by atoms with Crippen LogP contribution in [0.5, 0.6) is 5.75 Å². The molecule has 1 rings (SSSR count). The van der Waals surface area contributed by atoms with E-state index in [-0.39, 0.29) is 16.9 Å². The molecule has 1 aromatic rings. The van der Waals surface area contributed by atoms with Gasteiger partial charge in [-0.25, -0.2) is 0 Å². The average molecular weight is 338 g/mol. The van der Waals surface area contributed by atoms with Gasteiger partial charge in [-0.05, 0) is 55.2 Å². The molecule has 0 unspecified atom stereocenters. The molecule has 0 aromatic heterocycles. The summed E-state index contributed by atoms with van der Waals surface area (Å²) >= 11 is 0. The number of carbonyl (C=O) groups is 1. The average Bonchev–Trinajstić information content (AvgIpc) is 2.45. The molecule has 0 bridgehead atoms. The van der Waals surface area contributed by atoms with E-state index in [1.54, 1.807) is 0 Å². The van der Waals surface area contributed by atoms with Crippen LogP contribution in [0.15, 0.2) is 12.1 Å². The number of benzene rings is 1. The Kier molecular flexibility index (Phi) is 9.67. The highest BCUT2D eigenvalue weighted by atomic mass is 16.5. The lowest BCUT2D eigenvalue weighted by atomic mass is 9.84. The minimum Gasteiger partial charge on any atom is -0.507 e. The molecule has 138 valence electrons. The van der Waals surface area contributed by atoms with Crippen molar-refractivity contribution in [3.05, 3.63) is 28.8 Å². The van der Waals surface area contributed by atoms with E-state index >= 15 is 0 Å². The molecule has 0 aliphatic heterocycles. The molecule has 3 N–H and O–H groups in total. The Labute approximate surface area is 146 Å². The third-order valence-electron chi connectivity index (χ3n) is 4.13. The van der Waals surface area contributed by atoms with E-state index in [9.17, 15) is 9.90 Å². The molecule has 4 nitrogen and oxygen atoms in total. The van der Waals surface area contributed by atoms with Gasteiger partial charge in [0, 0.05) is 6.42 Å². The Hall–Kier alpha value is -1.55. The standard InChI is InChI=1S/C20H32O3.H2O/c1-6-23-18(21)12-10-8-7-9-11-16-14-17(20(3,4)5)13-15(2)19(16)22;/h13-14,22H,6-12H2,1-5H3;1H2. The van der Waals surface area contributed by atoms with Crippen molar-refractivity contribution in [2.45, 2.75) is 78.6 Å². The lowest BCUT2D eigenvalue weighted by molar-refractivity contribution is -0.143. The van der Waals surface area contributed by atoms with Crippen LogP contribution in [0, 0.1) is 6.92 Å². The van der Waals surface area contributed by atoms with Crippen molar-refractivity contribution in [1.82, 2.24) is 0 Å². The van der Waals surface area contributed by atoms with Gasteiger partial charge in [-0.2, -0.15) is 0 Å². The van der Waals surface area contributed by atoms with Crippen LogP contribution >= 0.6 is 0 Å². The predicted octanol–water partition coefficient (Wildman–Crippen LogP) is 4.23. The second kappa shape index (κ2) is 10.3. The first-order chi connectivity index (χ1) is 10.8. The minimum absolute atomic E-state index is 0. The smallest absolute Gasteiger partial charge is 0.305 e. The van der Waals surface area contributed by atoms with Crippen LogP contribution in [0.4, 0.5) is 0 Å². The lowest BCUT2D eigenvalue weighted by Gasteiger charge is -2.21. The van der Waals surface area contributed by atoms with Gasteiger partial charge in [0.05, 0.1) is 6.61 Å². The fourth-order valence-corrected chi connectivity index (χ4v) is 2.65. The Balaban J connectivity index is 0.00000529. The summed E-state index contributed by atoms with van der Waals surface area (Å²) < 4.78 is 4.92. The Bertz CT molecular complexity index is 515. The highest BCUT2D eigenvalue weighted by Gasteiger charge is 2.17.